The second-order valence-corrected chi connectivity index (χ2v) is 6.93. The van der Waals surface area contributed by atoms with Crippen LogP contribution in [-0.2, 0) is 24.1 Å². The highest BCUT2D eigenvalue weighted by atomic mass is 19.4. The average molecular weight is 406 g/mol. The van der Waals surface area contributed by atoms with Crippen LogP contribution in [0, 0.1) is 19.8 Å². The quantitative estimate of drug-likeness (QED) is 0.680. The number of aryl methyl sites for hydroxylation is 2. The Morgan fingerprint density at radius 1 is 1.21 bits per heavy atom. The van der Waals surface area contributed by atoms with Crippen molar-refractivity contribution < 1.29 is 18.0 Å². The SMILES string of the molecule is Cc1ccccc1Cn1cnc(NC(=O)C(C)Cn2nc(C(F)(F)F)cc2C)n1. The lowest BCUT2D eigenvalue weighted by Crippen LogP contribution is -2.26. The molecule has 3 rings (SSSR count). The summed E-state index contributed by atoms with van der Waals surface area (Å²) in [5.41, 5.74) is 1.56. The molecule has 0 fully saturated rings. The molecule has 0 saturated carbocycles. The highest BCUT2D eigenvalue weighted by Gasteiger charge is 2.34. The number of benzene rings is 1. The molecule has 154 valence electrons. The summed E-state index contributed by atoms with van der Waals surface area (Å²) < 4.78 is 41.1. The van der Waals surface area contributed by atoms with Crippen molar-refractivity contribution in [1.29, 1.82) is 0 Å². The maximum absolute atomic E-state index is 12.8. The Kier molecular flexibility index (Phi) is 5.71. The Labute approximate surface area is 165 Å². The fraction of sp³-hybridized carbons (Fsp3) is 0.368. The number of nitrogens with zero attached hydrogens (tertiary/aromatic N) is 5. The van der Waals surface area contributed by atoms with E-state index in [0.717, 1.165) is 17.2 Å². The highest BCUT2D eigenvalue weighted by Crippen LogP contribution is 2.28. The van der Waals surface area contributed by atoms with Gasteiger partial charge >= 0.3 is 6.18 Å². The van der Waals surface area contributed by atoms with Crippen LogP contribution in [0.1, 0.15) is 29.4 Å². The van der Waals surface area contributed by atoms with Gasteiger partial charge in [0.05, 0.1) is 19.0 Å². The lowest BCUT2D eigenvalue weighted by molar-refractivity contribution is -0.141. The number of alkyl halides is 3. The molecule has 3 aromatic rings. The average Bonchev–Trinajstić information content (AvgIpc) is 3.23. The van der Waals surface area contributed by atoms with E-state index in [4.69, 9.17) is 0 Å². The molecule has 2 heterocycles. The van der Waals surface area contributed by atoms with Gasteiger partial charge in [0.1, 0.15) is 6.33 Å². The van der Waals surface area contributed by atoms with Crippen LogP contribution in [0.2, 0.25) is 0 Å². The predicted octanol–water partition coefficient (Wildman–Crippen LogP) is 3.43. The van der Waals surface area contributed by atoms with Gasteiger partial charge in [-0.25, -0.2) is 9.67 Å². The highest BCUT2D eigenvalue weighted by molar-refractivity contribution is 5.90. The van der Waals surface area contributed by atoms with Crippen LogP contribution in [0.4, 0.5) is 19.1 Å². The van der Waals surface area contributed by atoms with E-state index < -0.39 is 23.7 Å². The largest absolute Gasteiger partial charge is 0.435 e. The summed E-state index contributed by atoms with van der Waals surface area (Å²) in [6.07, 6.45) is -3.00. The van der Waals surface area contributed by atoms with Gasteiger partial charge in [-0.2, -0.15) is 18.3 Å². The molecule has 0 aliphatic rings. The number of nitrogens with one attached hydrogen (secondary N) is 1. The number of halogens is 3. The van der Waals surface area contributed by atoms with Crippen molar-refractivity contribution >= 4 is 11.9 Å². The van der Waals surface area contributed by atoms with Crippen molar-refractivity contribution in [3.05, 3.63) is 59.2 Å². The van der Waals surface area contributed by atoms with Crippen LogP contribution in [0.5, 0.6) is 0 Å². The summed E-state index contributed by atoms with van der Waals surface area (Å²) in [4.78, 5) is 16.5. The van der Waals surface area contributed by atoms with E-state index in [2.05, 4.69) is 20.5 Å². The van der Waals surface area contributed by atoms with Crippen molar-refractivity contribution in [2.75, 3.05) is 5.32 Å². The van der Waals surface area contributed by atoms with Crippen LogP contribution in [0.15, 0.2) is 36.7 Å². The molecule has 0 bridgehead atoms. The molecule has 0 saturated heterocycles. The third kappa shape index (κ3) is 5.01. The first kappa shape index (κ1) is 20.6. The Balaban J connectivity index is 1.61. The first-order chi connectivity index (χ1) is 13.6. The molecule has 0 radical (unpaired) electrons. The number of aromatic nitrogens is 5. The monoisotopic (exact) mass is 406 g/mol. The summed E-state index contributed by atoms with van der Waals surface area (Å²) in [7, 11) is 0. The first-order valence-corrected chi connectivity index (χ1v) is 9.00. The van der Waals surface area contributed by atoms with E-state index in [-0.39, 0.29) is 12.5 Å². The van der Waals surface area contributed by atoms with Crippen molar-refractivity contribution in [2.24, 2.45) is 5.92 Å². The van der Waals surface area contributed by atoms with Crippen molar-refractivity contribution in [3.63, 3.8) is 0 Å². The summed E-state index contributed by atoms with van der Waals surface area (Å²) >= 11 is 0. The molecule has 1 unspecified atom stereocenters. The molecule has 2 aromatic heterocycles. The van der Waals surface area contributed by atoms with Gasteiger partial charge in [-0.15, -0.1) is 5.10 Å². The maximum atomic E-state index is 12.8. The third-order valence-electron chi connectivity index (χ3n) is 4.53. The normalized spacial score (nSPS) is 12.8. The number of carbonyl (C=O) groups excluding carboxylic acids is 1. The number of anilines is 1. The molecule has 7 nitrogen and oxygen atoms in total. The molecule has 10 heteroatoms. The third-order valence-corrected chi connectivity index (χ3v) is 4.53. The number of carbonyl (C=O) groups is 1. The maximum Gasteiger partial charge on any atom is 0.435 e. The second kappa shape index (κ2) is 8.06. The van der Waals surface area contributed by atoms with Crippen LogP contribution >= 0.6 is 0 Å². The smallest absolute Gasteiger partial charge is 0.293 e. The van der Waals surface area contributed by atoms with Crippen LogP contribution < -0.4 is 5.32 Å². The van der Waals surface area contributed by atoms with Gasteiger partial charge in [-0.3, -0.25) is 14.8 Å². The molecule has 1 atom stereocenters. The number of hydrogen-bond donors (Lipinski definition) is 1. The fourth-order valence-corrected chi connectivity index (χ4v) is 2.80. The van der Waals surface area contributed by atoms with Crippen LogP contribution in [-0.4, -0.2) is 30.5 Å². The Bertz CT molecular complexity index is 1010. The van der Waals surface area contributed by atoms with Crippen molar-refractivity contribution in [3.8, 4) is 0 Å². The van der Waals surface area contributed by atoms with Crippen molar-refractivity contribution in [2.45, 2.75) is 40.0 Å². The molecule has 0 aliphatic carbocycles. The van der Waals surface area contributed by atoms with Gasteiger partial charge in [0.15, 0.2) is 5.69 Å². The molecule has 1 N–H and O–H groups in total. The second-order valence-electron chi connectivity index (χ2n) is 6.93. The molecular weight excluding hydrogens is 385 g/mol. The summed E-state index contributed by atoms with van der Waals surface area (Å²) in [5.74, 6) is -0.885. The number of hydrogen-bond acceptors (Lipinski definition) is 4. The van der Waals surface area contributed by atoms with Gasteiger partial charge in [0.2, 0.25) is 11.9 Å². The molecule has 1 aromatic carbocycles. The fourth-order valence-electron chi connectivity index (χ4n) is 2.80. The van der Waals surface area contributed by atoms with Gasteiger partial charge < -0.3 is 0 Å². The van der Waals surface area contributed by atoms with E-state index in [1.807, 2.05) is 31.2 Å². The van der Waals surface area contributed by atoms with Gasteiger partial charge in [0.25, 0.3) is 0 Å². The molecular formula is C19H21F3N6O. The van der Waals surface area contributed by atoms with E-state index in [0.29, 0.717) is 12.2 Å². The van der Waals surface area contributed by atoms with E-state index in [1.165, 1.54) is 17.9 Å². The Morgan fingerprint density at radius 3 is 2.59 bits per heavy atom. The zero-order valence-corrected chi connectivity index (χ0v) is 16.2. The van der Waals surface area contributed by atoms with Crippen LogP contribution in [0.3, 0.4) is 0 Å². The van der Waals surface area contributed by atoms with E-state index in [1.54, 1.807) is 11.6 Å². The summed E-state index contributed by atoms with van der Waals surface area (Å²) in [5, 5.41) is 10.4. The topological polar surface area (TPSA) is 77.6 Å². The Morgan fingerprint density at radius 2 is 1.93 bits per heavy atom. The minimum absolute atomic E-state index is 0.0116. The minimum Gasteiger partial charge on any atom is -0.293 e. The molecule has 29 heavy (non-hydrogen) atoms. The number of rotatable bonds is 6. The summed E-state index contributed by atoms with van der Waals surface area (Å²) in [6.45, 7) is 5.64. The van der Waals surface area contributed by atoms with E-state index in [9.17, 15) is 18.0 Å². The van der Waals surface area contributed by atoms with Gasteiger partial charge in [0, 0.05) is 5.69 Å². The standard InChI is InChI=1S/C19H21F3N6O/c1-12-6-4-5-7-15(12)10-27-11-23-18(26-27)24-17(29)13(2)9-28-14(3)8-16(25-28)19(20,21)22/h4-8,11,13H,9-10H2,1-3H3,(H,24,26,29). The zero-order chi connectivity index (χ0) is 21.2. The molecule has 0 spiro atoms. The Hall–Kier alpha value is -3.17. The lowest BCUT2D eigenvalue weighted by atomic mass is 10.1. The van der Waals surface area contributed by atoms with Gasteiger partial charge in [-0.1, -0.05) is 31.2 Å². The van der Waals surface area contributed by atoms with Crippen molar-refractivity contribution in [1.82, 2.24) is 24.5 Å². The molecule has 1 amide bonds. The number of amides is 1. The predicted molar refractivity (Wildman–Crippen MR) is 100 cm³/mol. The van der Waals surface area contributed by atoms with Gasteiger partial charge in [-0.05, 0) is 31.0 Å². The molecule has 0 aliphatic heterocycles. The van der Waals surface area contributed by atoms with Crippen LogP contribution in [0.25, 0.3) is 0 Å². The first-order valence-electron chi connectivity index (χ1n) is 9.00. The lowest BCUT2D eigenvalue weighted by Gasteiger charge is -2.12. The van der Waals surface area contributed by atoms with E-state index >= 15 is 0 Å². The minimum atomic E-state index is -4.52. The summed E-state index contributed by atoms with van der Waals surface area (Å²) in [6, 6.07) is 8.83. The zero-order valence-electron chi connectivity index (χ0n) is 16.2.